The third-order valence-electron chi connectivity index (χ3n) is 3.24. The summed E-state index contributed by atoms with van der Waals surface area (Å²) in [7, 11) is 0. The van der Waals surface area contributed by atoms with E-state index in [1.807, 2.05) is 31.2 Å². The van der Waals surface area contributed by atoms with Crippen LogP contribution in [0.3, 0.4) is 0 Å². The number of oxime groups is 1. The van der Waals surface area contributed by atoms with E-state index in [1.54, 1.807) is 24.6 Å². The third-order valence-corrected chi connectivity index (χ3v) is 3.24. The van der Waals surface area contributed by atoms with Gasteiger partial charge in [-0.25, -0.2) is 0 Å². The Bertz CT molecular complexity index is 822. The summed E-state index contributed by atoms with van der Waals surface area (Å²) >= 11 is 0. The average molecular weight is 309 g/mol. The molecular weight excluding hydrogens is 294 g/mol. The SMILES string of the molecule is Cc1ccc(-c2coc(Nc3ccc(/C(N)=N/O)nc3)n2)cc1. The smallest absolute Gasteiger partial charge is 0.299 e. The van der Waals surface area contributed by atoms with Gasteiger partial charge in [-0.1, -0.05) is 35.0 Å². The molecule has 0 bridgehead atoms. The number of anilines is 2. The van der Waals surface area contributed by atoms with Gasteiger partial charge in [0.25, 0.3) is 6.01 Å². The second-order valence-electron chi connectivity index (χ2n) is 4.95. The van der Waals surface area contributed by atoms with Gasteiger partial charge in [0.15, 0.2) is 5.84 Å². The van der Waals surface area contributed by atoms with Gasteiger partial charge >= 0.3 is 0 Å². The lowest BCUT2D eigenvalue weighted by Crippen LogP contribution is -2.14. The van der Waals surface area contributed by atoms with Gasteiger partial charge in [0.1, 0.15) is 17.7 Å². The molecule has 0 saturated heterocycles. The number of benzene rings is 1. The van der Waals surface area contributed by atoms with Crippen molar-refractivity contribution < 1.29 is 9.62 Å². The molecule has 23 heavy (non-hydrogen) atoms. The van der Waals surface area contributed by atoms with Gasteiger partial charge in [-0.15, -0.1) is 0 Å². The first-order valence-electron chi connectivity index (χ1n) is 6.89. The third kappa shape index (κ3) is 3.29. The van der Waals surface area contributed by atoms with E-state index in [0.29, 0.717) is 17.4 Å². The maximum absolute atomic E-state index is 8.60. The van der Waals surface area contributed by atoms with Crippen molar-refractivity contribution >= 4 is 17.5 Å². The Balaban J connectivity index is 1.75. The van der Waals surface area contributed by atoms with Gasteiger partial charge in [0, 0.05) is 5.56 Å². The fraction of sp³-hybridized carbons (Fsp3) is 0.0625. The molecule has 0 fully saturated rings. The number of hydrogen-bond acceptors (Lipinski definition) is 6. The zero-order chi connectivity index (χ0) is 16.2. The maximum atomic E-state index is 8.60. The maximum Gasteiger partial charge on any atom is 0.299 e. The van der Waals surface area contributed by atoms with Crippen LogP contribution in [0.2, 0.25) is 0 Å². The summed E-state index contributed by atoms with van der Waals surface area (Å²) in [6.45, 7) is 2.03. The molecule has 0 saturated carbocycles. The van der Waals surface area contributed by atoms with Gasteiger partial charge in [0.05, 0.1) is 11.9 Å². The second kappa shape index (κ2) is 6.18. The number of rotatable bonds is 4. The average Bonchev–Trinajstić information content (AvgIpc) is 3.04. The van der Waals surface area contributed by atoms with E-state index in [2.05, 4.69) is 20.4 Å². The number of pyridine rings is 1. The van der Waals surface area contributed by atoms with Crippen molar-refractivity contribution in [3.63, 3.8) is 0 Å². The molecule has 0 radical (unpaired) electrons. The highest BCUT2D eigenvalue weighted by molar-refractivity contribution is 5.95. The van der Waals surface area contributed by atoms with Crippen LogP contribution in [0.15, 0.2) is 58.4 Å². The number of hydrogen-bond donors (Lipinski definition) is 3. The largest absolute Gasteiger partial charge is 0.431 e. The first kappa shape index (κ1) is 14.6. The lowest BCUT2D eigenvalue weighted by atomic mass is 10.1. The molecule has 7 heteroatoms. The minimum Gasteiger partial charge on any atom is -0.431 e. The minimum atomic E-state index is -0.0469. The summed E-state index contributed by atoms with van der Waals surface area (Å²) in [4.78, 5) is 8.46. The molecule has 7 nitrogen and oxygen atoms in total. The van der Waals surface area contributed by atoms with Gasteiger partial charge < -0.3 is 20.7 Å². The first-order valence-corrected chi connectivity index (χ1v) is 6.89. The molecule has 2 heterocycles. The number of aryl methyl sites for hydroxylation is 1. The fourth-order valence-corrected chi connectivity index (χ4v) is 1.98. The summed E-state index contributed by atoms with van der Waals surface area (Å²) in [5.74, 6) is -0.0469. The molecule has 116 valence electrons. The fourth-order valence-electron chi connectivity index (χ4n) is 1.98. The monoisotopic (exact) mass is 309 g/mol. The van der Waals surface area contributed by atoms with Crippen LogP contribution < -0.4 is 11.1 Å². The van der Waals surface area contributed by atoms with Crippen molar-refractivity contribution in [3.05, 3.63) is 60.1 Å². The molecule has 0 atom stereocenters. The Morgan fingerprint density at radius 3 is 2.65 bits per heavy atom. The van der Waals surface area contributed by atoms with E-state index < -0.39 is 0 Å². The van der Waals surface area contributed by atoms with Crippen LogP contribution in [0, 0.1) is 6.92 Å². The van der Waals surface area contributed by atoms with Crippen molar-refractivity contribution in [2.24, 2.45) is 10.9 Å². The molecule has 4 N–H and O–H groups in total. The van der Waals surface area contributed by atoms with E-state index in [4.69, 9.17) is 15.4 Å². The zero-order valence-electron chi connectivity index (χ0n) is 12.4. The van der Waals surface area contributed by atoms with Crippen molar-refractivity contribution in [2.75, 3.05) is 5.32 Å². The van der Waals surface area contributed by atoms with Crippen LogP contribution in [0.4, 0.5) is 11.7 Å². The summed E-state index contributed by atoms with van der Waals surface area (Å²) in [5.41, 5.74) is 9.43. The van der Waals surface area contributed by atoms with E-state index in [9.17, 15) is 0 Å². The molecule has 3 aromatic rings. The van der Waals surface area contributed by atoms with Gasteiger partial charge in [-0.3, -0.25) is 4.98 Å². The molecule has 0 aliphatic heterocycles. The zero-order valence-corrected chi connectivity index (χ0v) is 12.4. The molecule has 0 unspecified atom stereocenters. The molecular formula is C16H15N5O2. The minimum absolute atomic E-state index is 0.0469. The van der Waals surface area contributed by atoms with Crippen LogP contribution in [0.1, 0.15) is 11.3 Å². The Labute approximate surface area is 132 Å². The van der Waals surface area contributed by atoms with Gasteiger partial charge in [-0.05, 0) is 19.1 Å². The van der Waals surface area contributed by atoms with Crippen LogP contribution in [0.5, 0.6) is 0 Å². The molecule has 3 rings (SSSR count). The van der Waals surface area contributed by atoms with E-state index in [1.165, 1.54) is 5.56 Å². The number of nitrogens with one attached hydrogen (secondary N) is 1. The van der Waals surface area contributed by atoms with E-state index in [0.717, 1.165) is 11.3 Å². The number of aromatic nitrogens is 2. The predicted molar refractivity (Wildman–Crippen MR) is 86.7 cm³/mol. The number of nitrogens with two attached hydrogens (primary N) is 1. The standard InChI is InChI=1S/C16H15N5O2/c1-10-2-4-11(5-3-10)14-9-23-16(20-14)19-12-6-7-13(18-8-12)15(17)21-22/h2-9,22H,1H3,(H2,17,21)(H,19,20). The molecule has 0 aliphatic carbocycles. The topological polar surface area (TPSA) is 110 Å². The molecule has 0 spiro atoms. The predicted octanol–water partition coefficient (Wildman–Crippen LogP) is 2.88. The lowest BCUT2D eigenvalue weighted by Gasteiger charge is -2.02. The van der Waals surface area contributed by atoms with Crippen LogP contribution in [-0.2, 0) is 0 Å². The highest BCUT2D eigenvalue weighted by atomic mass is 16.4. The van der Waals surface area contributed by atoms with Crippen molar-refractivity contribution in [1.82, 2.24) is 9.97 Å². The van der Waals surface area contributed by atoms with E-state index in [-0.39, 0.29) is 5.84 Å². The molecule has 2 aromatic heterocycles. The van der Waals surface area contributed by atoms with E-state index >= 15 is 0 Å². The molecule has 1 aromatic carbocycles. The summed E-state index contributed by atoms with van der Waals surface area (Å²) < 4.78 is 5.41. The Hall–Kier alpha value is -3.35. The Morgan fingerprint density at radius 2 is 2.00 bits per heavy atom. The first-order chi connectivity index (χ1) is 11.2. The van der Waals surface area contributed by atoms with Crippen LogP contribution in [-0.4, -0.2) is 21.0 Å². The normalized spacial score (nSPS) is 11.4. The van der Waals surface area contributed by atoms with Crippen LogP contribution >= 0.6 is 0 Å². The van der Waals surface area contributed by atoms with Gasteiger partial charge in [-0.2, -0.15) is 4.98 Å². The number of amidine groups is 1. The number of nitrogens with zero attached hydrogens (tertiary/aromatic N) is 3. The quantitative estimate of drug-likeness (QED) is 0.296. The highest BCUT2D eigenvalue weighted by Gasteiger charge is 2.07. The summed E-state index contributed by atoms with van der Waals surface area (Å²) in [6, 6.07) is 11.7. The molecule has 0 amide bonds. The van der Waals surface area contributed by atoms with Crippen LogP contribution in [0.25, 0.3) is 11.3 Å². The Morgan fingerprint density at radius 1 is 1.22 bits per heavy atom. The summed E-state index contributed by atoms with van der Waals surface area (Å²) in [5, 5.41) is 14.5. The van der Waals surface area contributed by atoms with Crippen molar-refractivity contribution in [1.29, 1.82) is 0 Å². The lowest BCUT2D eigenvalue weighted by molar-refractivity contribution is 0.318. The Kier molecular flexibility index (Phi) is 3.92. The van der Waals surface area contributed by atoms with Crippen molar-refractivity contribution in [2.45, 2.75) is 6.92 Å². The second-order valence-corrected chi connectivity index (χ2v) is 4.95. The highest BCUT2D eigenvalue weighted by Crippen LogP contribution is 2.23. The summed E-state index contributed by atoms with van der Waals surface area (Å²) in [6.07, 6.45) is 3.13. The molecule has 0 aliphatic rings. The van der Waals surface area contributed by atoms with Crippen molar-refractivity contribution in [3.8, 4) is 11.3 Å². The number of oxazole rings is 1. The van der Waals surface area contributed by atoms with Gasteiger partial charge in [0.2, 0.25) is 0 Å².